The number of hydrogen-bond acceptors (Lipinski definition) is 4. The minimum absolute atomic E-state index is 0.326. The molecular formula is C13H16N4OS. The van der Waals surface area contributed by atoms with Crippen molar-refractivity contribution in [3.8, 4) is 11.4 Å². The van der Waals surface area contributed by atoms with E-state index in [1.165, 1.54) is 11.8 Å². The van der Waals surface area contributed by atoms with E-state index in [1.54, 1.807) is 6.92 Å². The van der Waals surface area contributed by atoms with Crippen LogP contribution in [-0.4, -0.2) is 25.9 Å². The van der Waals surface area contributed by atoms with E-state index in [9.17, 15) is 4.79 Å². The Morgan fingerprint density at radius 2 is 2.05 bits per heavy atom. The summed E-state index contributed by atoms with van der Waals surface area (Å²) >= 11 is 1.31. The zero-order valence-electron chi connectivity index (χ0n) is 11.1. The number of aryl methyl sites for hydroxylation is 1. The summed E-state index contributed by atoms with van der Waals surface area (Å²) in [5.41, 5.74) is 7.43. The molecule has 0 bridgehead atoms. The molecule has 5 nitrogen and oxygen atoms in total. The van der Waals surface area contributed by atoms with Gasteiger partial charge in [-0.15, -0.1) is 10.2 Å². The van der Waals surface area contributed by atoms with E-state index in [4.69, 9.17) is 5.73 Å². The first-order chi connectivity index (χ1) is 9.00. The fourth-order valence-corrected chi connectivity index (χ4v) is 2.46. The molecule has 19 heavy (non-hydrogen) atoms. The summed E-state index contributed by atoms with van der Waals surface area (Å²) < 4.78 is 1.88. The van der Waals surface area contributed by atoms with Crippen molar-refractivity contribution in [2.24, 2.45) is 12.8 Å². The number of rotatable bonds is 4. The Morgan fingerprint density at radius 1 is 1.37 bits per heavy atom. The number of carbonyl (C=O) groups is 1. The standard InChI is InChI=1S/C13H16N4OS/c1-8-6-4-5-7-10(8)12-15-16-13(17(12)3)19-9(2)11(14)18/h4-7,9H,1-3H3,(H2,14,18)/t9-/m1/s1. The number of amides is 1. The number of nitrogens with zero attached hydrogens (tertiary/aromatic N) is 3. The molecule has 0 spiro atoms. The normalized spacial score (nSPS) is 12.4. The SMILES string of the molecule is Cc1ccccc1-c1nnc(S[C@H](C)C(N)=O)n1C. The molecule has 1 aromatic heterocycles. The highest BCUT2D eigenvalue weighted by molar-refractivity contribution is 8.00. The third-order valence-electron chi connectivity index (χ3n) is 2.90. The molecule has 0 unspecified atom stereocenters. The summed E-state index contributed by atoms with van der Waals surface area (Å²) in [6.45, 7) is 3.79. The van der Waals surface area contributed by atoms with Crippen LogP contribution < -0.4 is 5.73 Å². The minimum atomic E-state index is -0.356. The molecule has 1 amide bonds. The van der Waals surface area contributed by atoms with Crippen LogP contribution in [0.15, 0.2) is 29.4 Å². The zero-order valence-corrected chi connectivity index (χ0v) is 11.9. The number of hydrogen-bond donors (Lipinski definition) is 1. The van der Waals surface area contributed by atoms with E-state index in [0.717, 1.165) is 17.0 Å². The average Bonchev–Trinajstić information content (AvgIpc) is 2.72. The Bertz CT molecular complexity index is 608. The van der Waals surface area contributed by atoms with Crippen molar-refractivity contribution in [3.63, 3.8) is 0 Å². The maximum atomic E-state index is 11.1. The predicted octanol–water partition coefficient (Wildman–Crippen LogP) is 1.76. The number of benzene rings is 1. The van der Waals surface area contributed by atoms with Crippen LogP contribution in [-0.2, 0) is 11.8 Å². The van der Waals surface area contributed by atoms with E-state index in [1.807, 2.05) is 42.8 Å². The highest BCUT2D eigenvalue weighted by Crippen LogP contribution is 2.26. The van der Waals surface area contributed by atoms with Crippen molar-refractivity contribution < 1.29 is 4.79 Å². The highest BCUT2D eigenvalue weighted by Gasteiger charge is 2.17. The topological polar surface area (TPSA) is 73.8 Å². The third-order valence-corrected chi connectivity index (χ3v) is 4.06. The second-order valence-electron chi connectivity index (χ2n) is 4.34. The predicted molar refractivity (Wildman–Crippen MR) is 75.7 cm³/mol. The van der Waals surface area contributed by atoms with Crippen LogP contribution in [0.1, 0.15) is 12.5 Å². The molecule has 1 aromatic carbocycles. The van der Waals surface area contributed by atoms with Crippen molar-refractivity contribution in [1.82, 2.24) is 14.8 Å². The number of nitrogens with two attached hydrogens (primary N) is 1. The Labute approximate surface area is 116 Å². The summed E-state index contributed by atoms with van der Waals surface area (Å²) in [6, 6.07) is 7.99. The minimum Gasteiger partial charge on any atom is -0.369 e. The molecule has 6 heteroatoms. The van der Waals surface area contributed by atoms with Gasteiger partial charge in [0.05, 0.1) is 5.25 Å². The zero-order chi connectivity index (χ0) is 14.0. The van der Waals surface area contributed by atoms with E-state index in [0.29, 0.717) is 5.16 Å². The molecule has 0 fully saturated rings. The van der Waals surface area contributed by atoms with Crippen LogP contribution in [0, 0.1) is 6.92 Å². The van der Waals surface area contributed by atoms with Gasteiger partial charge in [-0.1, -0.05) is 36.0 Å². The van der Waals surface area contributed by atoms with Crippen molar-refractivity contribution in [2.45, 2.75) is 24.3 Å². The molecule has 0 aliphatic carbocycles. The maximum absolute atomic E-state index is 11.1. The van der Waals surface area contributed by atoms with Crippen LogP contribution in [0.2, 0.25) is 0 Å². The molecule has 2 aromatic rings. The summed E-state index contributed by atoms with van der Waals surface area (Å²) in [5.74, 6) is 0.433. The van der Waals surface area contributed by atoms with Crippen LogP contribution in [0.5, 0.6) is 0 Å². The van der Waals surface area contributed by atoms with Gasteiger partial charge < -0.3 is 10.3 Å². The summed E-state index contributed by atoms with van der Waals surface area (Å²) in [7, 11) is 1.89. The Hall–Kier alpha value is -1.82. The molecule has 0 saturated heterocycles. The molecule has 2 rings (SSSR count). The third kappa shape index (κ3) is 2.78. The lowest BCUT2D eigenvalue weighted by Gasteiger charge is -2.08. The van der Waals surface area contributed by atoms with E-state index in [2.05, 4.69) is 10.2 Å². The molecule has 0 aliphatic rings. The first-order valence-corrected chi connectivity index (χ1v) is 6.80. The van der Waals surface area contributed by atoms with E-state index >= 15 is 0 Å². The second kappa shape index (κ2) is 5.44. The van der Waals surface area contributed by atoms with Gasteiger partial charge in [0.1, 0.15) is 0 Å². The van der Waals surface area contributed by atoms with Crippen molar-refractivity contribution in [2.75, 3.05) is 0 Å². The van der Waals surface area contributed by atoms with Crippen molar-refractivity contribution in [3.05, 3.63) is 29.8 Å². The number of primary amides is 1. The van der Waals surface area contributed by atoms with Crippen LogP contribution in [0.3, 0.4) is 0 Å². The largest absolute Gasteiger partial charge is 0.369 e. The quantitative estimate of drug-likeness (QED) is 0.863. The highest BCUT2D eigenvalue weighted by atomic mass is 32.2. The fourth-order valence-electron chi connectivity index (χ4n) is 1.69. The first kappa shape index (κ1) is 13.6. The molecule has 0 radical (unpaired) electrons. The van der Waals surface area contributed by atoms with Gasteiger partial charge in [-0.3, -0.25) is 4.79 Å². The van der Waals surface area contributed by atoms with Gasteiger partial charge >= 0.3 is 0 Å². The van der Waals surface area contributed by atoms with Crippen LogP contribution in [0.25, 0.3) is 11.4 Å². The van der Waals surface area contributed by atoms with Gasteiger partial charge in [0.2, 0.25) is 5.91 Å². The Balaban J connectivity index is 2.34. The monoisotopic (exact) mass is 276 g/mol. The molecule has 2 N–H and O–H groups in total. The molecular weight excluding hydrogens is 260 g/mol. The summed E-state index contributed by atoms with van der Waals surface area (Å²) in [5, 5.41) is 8.68. The average molecular weight is 276 g/mol. The van der Waals surface area contributed by atoms with E-state index in [-0.39, 0.29) is 11.2 Å². The molecule has 0 aliphatic heterocycles. The lowest BCUT2D eigenvalue weighted by atomic mass is 10.1. The number of carbonyl (C=O) groups excluding carboxylic acids is 1. The lowest BCUT2D eigenvalue weighted by molar-refractivity contribution is -0.117. The van der Waals surface area contributed by atoms with Gasteiger partial charge in [-0.2, -0.15) is 0 Å². The van der Waals surface area contributed by atoms with Crippen LogP contribution >= 0.6 is 11.8 Å². The van der Waals surface area contributed by atoms with E-state index < -0.39 is 0 Å². The smallest absolute Gasteiger partial charge is 0.230 e. The van der Waals surface area contributed by atoms with Gasteiger partial charge in [0.15, 0.2) is 11.0 Å². The van der Waals surface area contributed by atoms with Gasteiger partial charge in [0.25, 0.3) is 0 Å². The maximum Gasteiger partial charge on any atom is 0.230 e. The molecule has 100 valence electrons. The summed E-state index contributed by atoms with van der Waals surface area (Å²) in [6.07, 6.45) is 0. The van der Waals surface area contributed by atoms with Gasteiger partial charge in [-0.25, -0.2) is 0 Å². The second-order valence-corrected chi connectivity index (χ2v) is 5.65. The van der Waals surface area contributed by atoms with Crippen molar-refractivity contribution >= 4 is 17.7 Å². The molecule has 1 atom stereocenters. The van der Waals surface area contributed by atoms with Gasteiger partial charge in [0, 0.05) is 12.6 Å². The Morgan fingerprint density at radius 3 is 2.68 bits per heavy atom. The van der Waals surface area contributed by atoms with Crippen LogP contribution in [0.4, 0.5) is 0 Å². The molecule has 0 saturated carbocycles. The fraction of sp³-hybridized carbons (Fsp3) is 0.308. The van der Waals surface area contributed by atoms with Gasteiger partial charge in [-0.05, 0) is 19.4 Å². The molecule has 1 heterocycles. The summed E-state index contributed by atoms with van der Waals surface area (Å²) in [4.78, 5) is 11.1. The Kier molecular flexibility index (Phi) is 3.90. The first-order valence-electron chi connectivity index (χ1n) is 5.92. The lowest BCUT2D eigenvalue weighted by Crippen LogP contribution is -2.22. The number of aromatic nitrogens is 3. The van der Waals surface area contributed by atoms with Crippen molar-refractivity contribution in [1.29, 1.82) is 0 Å². The number of thioether (sulfide) groups is 1.